The molecule has 0 atom stereocenters. The minimum atomic E-state index is -0.231. The van der Waals surface area contributed by atoms with Gasteiger partial charge < -0.3 is 14.5 Å². The van der Waals surface area contributed by atoms with Gasteiger partial charge in [-0.05, 0) is 55.0 Å². The van der Waals surface area contributed by atoms with Crippen molar-refractivity contribution in [1.29, 1.82) is 0 Å². The first-order chi connectivity index (χ1) is 14.1. The fourth-order valence-corrected chi connectivity index (χ4v) is 3.00. The summed E-state index contributed by atoms with van der Waals surface area (Å²) in [6.07, 6.45) is 3.22. The molecule has 0 saturated carbocycles. The molecule has 5 nitrogen and oxygen atoms in total. The van der Waals surface area contributed by atoms with Crippen molar-refractivity contribution < 1.29 is 13.9 Å². The molecule has 0 saturated heterocycles. The quantitative estimate of drug-likeness (QED) is 0.464. The first-order valence-corrected chi connectivity index (χ1v) is 9.21. The minimum absolute atomic E-state index is 0.231. The number of anilines is 1. The average Bonchev–Trinajstić information content (AvgIpc) is 3.16. The molecule has 0 aliphatic rings. The van der Waals surface area contributed by atoms with E-state index in [1.165, 1.54) is 6.08 Å². The van der Waals surface area contributed by atoms with Crippen LogP contribution in [0.4, 0.5) is 5.69 Å². The fraction of sp³-hybridized carbons (Fsp3) is 0.0833. The van der Waals surface area contributed by atoms with E-state index < -0.39 is 0 Å². The molecular formula is C24H20N2O3. The van der Waals surface area contributed by atoms with Crippen molar-refractivity contribution in [2.45, 2.75) is 6.92 Å². The zero-order valence-corrected chi connectivity index (χ0v) is 16.2. The summed E-state index contributed by atoms with van der Waals surface area (Å²) in [6, 6.07) is 20.9. The average molecular weight is 384 g/mol. The molecule has 0 bridgehead atoms. The molecule has 0 aliphatic carbocycles. The van der Waals surface area contributed by atoms with Crippen molar-refractivity contribution in [3.05, 3.63) is 83.9 Å². The predicted octanol–water partition coefficient (Wildman–Crippen LogP) is 5.46. The number of ether oxygens (including phenoxy) is 1. The van der Waals surface area contributed by atoms with Crippen LogP contribution in [0.3, 0.4) is 0 Å². The molecule has 0 fully saturated rings. The lowest BCUT2D eigenvalue weighted by Gasteiger charge is -2.02. The molecule has 1 amide bonds. The fourth-order valence-electron chi connectivity index (χ4n) is 3.00. The lowest BCUT2D eigenvalue weighted by Crippen LogP contribution is -2.07. The zero-order valence-electron chi connectivity index (χ0n) is 16.2. The summed E-state index contributed by atoms with van der Waals surface area (Å²) in [6.45, 7) is 2.03. The van der Waals surface area contributed by atoms with Crippen LogP contribution < -0.4 is 10.1 Å². The standard InChI is InChI=1S/C24H20N2O3/c1-16-5-3-7-18(13-16)24-26-21-11-10-19(15-22(21)29-24)25-23(27)12-9-17-6-4-8-20(14-17)28-2/h3-15H,1-2H3,(H,25,27)/b12-9+. The Morgan fingerprint density at radius 1 is 1.07 bits per heavy atom. The third-order valence-corrected chi connectivity index (χ3v) is 4.44. The van der Waals surface area contributed by atoms with Gasteiger partial charge in [-0.2, -0.15) is 0 Å². The van der Waals surface area contributed by atoms with Gasteiger partial charge in [0.25, 0.3) is 0 Å². The van der Waals surface area contributed by atoms with Crippen LogP contribution in [-0.2, 0) is 4.79 Å². The van der Waals surface area contributed by atoms with Crippen molar-refractivity contribution in [2.75, 3.05) is 12.4 Å². The molecule has 0 aliphatic heterocycles. The third-order valence-electron chi connectivity index (χ3n) is 4.44. The van der Waals surface area contributed by atoms with Crippen LogP contribution in [0.1, 0.15) is 11.1 Å². The second-order valence-corrected chi connectivity index (χ2v) is 6.67. The minimum Gasteiger partial charge on any atom is -0.497 e. The number of aromatic nitrogens is 1. The molecular weight excluding hydrogens is 364 g/mol. The van der Waals surface area contributed by atoms with E-state index in [2.05, 4.69) is 10.3 Å². The zero-order chi connectivity index (χ0) is 20.2. The number of carbonyl (C=O) groups excluding carboxylic acids is 1. The lowest BCUT2D eigenvalue weighted by molar-refractivity contribution is -0.111. The smallest absolute Gasteiger partial charge is 0.248 e. The molecule has 0 unspecified atom stereocenters. The Balaban J connectivity index is 1.50. The second-order valence-electron chi connectivity index (χ2n) is 6.67. The molecule has 29 heavy (non-hydrogen) atoms. The molecule has 0 radical (unpaired) electrons. The van der Waals surface area contributed by atoms with E-state index in [1.807, 2.05) is 67.6 Å². The van der Waals surface area contributed by atoms with E-state index in [4.69, 9.17) is 9.15 Å². The van der Waals surface area contributed by atoms with Crippen LogP contribution in [0.5, 0.6) is 5.75 Å². The monoisotopic (exact) mass is 384 g/mol. The largest absolute Gasteiger partial charge is 0.497 e. The number of nitrogens with zero attached hydrogens (tertiary/aromatic N) is 1. The van der Waals surface area contributed by atoms with Crippen molar-refractivity contribution in [1.82, 2.24) is 4.98 Å². The van der Waals surface area contributed by atoms with E-state index >= 15 is 0 Å². The van der Waals surface area contributed by atoms with Gasteiger partial charge in [-0.3, -0.25) is 4.79 Å². The molecule has 5 heteroatoms. The van der Waals surface area contributed by atoms with Gasteiger partial charge in [0.05, 0.1) is 7.11 Å². The molecule has 4 rings (SSSR count). The Labute approximate surface area is 168 Å². The SMILES string of the molecule is COc1cccc(/C=C/C(=O)Nc2ccc3nc(-c4cccc(C)c4)oc3c2)c1. The van der Waals surface area contributed by atoms with Crippen molar-refractivity contribution in [2.24, 2.45) is 0 Å². The highest BCUT2D eigenvalue weighted by Gasteiger charge is 2.09. The first kappa shape index (κ1) is 18.5. The Morgan fingerprint density at radius 3 is 2.76 bits per heavy atom. The summed E-state index contributed by atoms with van der Waals surface area (Å²) in [5.74, 6) is 1.07. The summed E-state index contributed by atoms with van der Waals surface area (Å²) >= 11 is 0. The van der Waals surface area contributed by atoms with Crippen molar-refractivity contribution in [3.8, 4) is 17.2 Å². The maximum atomic E-state index is 12.3. The van der Waals surface area contributed by atoms with E-state index in [0.29, 0.717) is 17.2 Å². The van der Waals surface area contributed by atoms with Gasteiger partial charge in [0.1, 0.15) is 11.3 Å². The number of hydrogen-bond acceptors (Lipinski definition) is 4. The third kappa shape index (κ3) is 4.35. The van der Waals surface area contributed by atoms with Crippen LogP contribution >= 0.6 is 0 Å². The maximum Gasteiger partial charge on any atom is 0.248 e. The number of methoxy groups -OCH3 is 1. The summed E-state index contributed by atoms with van der Waals surface area (Å²) < 4.78 is 11.1. The molecule has 144 valence electrons. The number of fused-ring (bicyclic) bond motifs is 1. The molecule has 0 spiro atoms. The topological polar surface area (TPSA) is 64.4 Å². The van der Waals surface area contributed by atoms with Crippen LogP contribution in [0.15, 0.2) is 77.2 Å². The van der Waals surface area contributed by atoms with Crippen LogP contribution in [0.25, 0.3) is 28.6 Å². The molecule has 1 aromatic heterocycles. The number of nitrogens with one attached hydrogen (secondary N) is 1. The van der Waals surface area contributed by atoms with E-state index in [-0.39, 0.29) is 5.91 Å². The summed E-state index contributed by atoms with van der Waals surface area (Å²) in [5.41, 5.74) is 4.95. The highest BCUT2D eigenvalue weighted by Crippen LogP contribution is 2.26. The second kappa shape index (κ2) is 8.02. The van der Waals surface area contributed by atoms with E-state index in [1.54, 1.807) is 19.3 Å². The van der Waals surface area contributed by atoms with Gasteiger partial charge in [0, 0.05) is 23.4 Å². The number of benzene rings is 3. The molecule has 1 heterocycles. The Hall–Kier alpha value is -3.86. The highest BCUT2D eigenvalue weighted by atomic mass is 16.5. The van der Waals surface area contributed by atoms with Gasteiger partial charge in [0.2, 0.25) is 11.8 Å². The maximum absolute atomic E-state index is 12.3. The Bertz CT molecular complexity index is 1210. The van der Waals surface area contributed by atoms with Crippen molar-refractivity contribution >= 4 is 28.8 Å². The number of aryl methyl sites for hydroxylation is 1. The highest BCUT2D eigenvalue weighted by molar-refractivity contribution is 6.02. The number of rotatable bonds is 5. The van der Waals surface area contributed by atoms with E-state index in [0.717, 1.165) is 28.0 Å². The van der Waals surface area contributed by atoms with E-state index in [9.17, 15) is 4.79 Å². The lowest BCUT2D eigenvalue weighted by atomic mass is 10.1. The van der Waals surface area contributed by atoms with Crippen LogP contribution in [0, 0.1) is 6.92 Å². The summed E-state index contributed by atoms with van der Waals surface area (Å²) in [5, 5.41) is 2.85. The summed E-state index contributed by atoms with van der Waals surface area (Å²) in [4.78, 5) is 16.8. The van der Waals surface area contributed by atoms with Crippen LogP contribution in [-0.4, -0.2) is 18.0 Å². The number of hydrogen-bond donors (Lipinski definition) is 1. The predicted molar refractivity (Wildman–Crippen MR) is 115 cm³/mol. The summed E-state index contributed by atoms with van der Waals surface area (Å²) in [7, 11) is 1.61. The van der Waals surface area contributed by atoms with Gasteiger partial charge in [0.15, 0.2) is 5.58 Å². The van der Waals surface area contributed by atoms with Gasteiger partial charge in [-0.15, -0.1) is 0 Å². The first-order valence-electron chi connectivity index (χ1n) is 9.21. The van der Waals surface area contributed by atoms with Crippen molar-refractivity contribution in [3.63, 3.8) is 0 Å². The molecule has 4 aromatic rings. The molecule has 1 N–H and O–H groups in total. The Morgan fingerprint density at radius 2 is 1.93 bits per heavy atom. The van der Waals surface area contributed by atoms with Gasteiger partial charge in [-0.25, -0.2) is 4.98 Å². The van der Waals surface area contributed by atoms with Crippen LogP contribution in [0.2, 0.25) is 0 Å². The Kier molecular flexibility index (Phi) is 5.12. The molecule has 3 aromatic carbocycles. The van der Waals surface area contributed by atoms with Gasteiger partial charge in [-0.1, -0.05) is 29.8 Å². The number of carbonyl (C=O) groups is 1. The number of amides is 1. The normalized spacial score (nSPS) is 11.1. The number of oxazole rings is 1. The van der Waals surface area contributed by atoms with Gasteiger partial charge >= 0.3 is 0 Å².